The zero-order chi connectivity index (χ0) is 8.69. The second-order valence-electron chi connectivity index (χ2n) is 3.13. The second kappa shape index (κ2) is 6.17. The van der Waals surface area contributed by atoms with Crippen molar-refractivity contribution in [3.05, 3.63) is 24.3 Å². The van der Waals surface area contributed by atoms with Crippen LogP contribution in [0.4, 0.5) is 0 Å². The van der Waals surface area contributed by atoms with E-state index < -0.39 is 0 Å². The van der Waals surface area contributed by atoms with Gasteiger partial charge in [-0.3, -0.25) is 0 Å². The van der Waals surface area contributed by atoms with E-state index in [0.29, 0.717) is 0 Å². The molecule has 0 saturated heterocycles. The molecule has 0 aromatic rings. The Morgan fingerprint density at radius 2 is 2.09 bits per heavy atom. The van der Waals surface area contributed by atoms with E-state index in [9.17, 15) is 0 Å². The smallest absolute Gasteiger partial charge is 0.00124 e. The molecule has 0 heterocycles. The van der Waals surface area contributed by atoms with Crippen LogP contribution in [0.25, 0.3) is 0 Å². The Morgan fingerprint density at radius 3 is 2.55 bits per heavy atom. The van der Waals surface area contributed by atoms with Crippen LogP contribution in [0.1, 0.15) is 19.8 Å². The molecule has 0 N–H and O–H groups in total. The van der Waals surface area contributed by atoms with Crippen LogP contribution in [-0.4, -0.2) is 25.5 Å². The topological polar surface area (TPSA) is 3.24 Å². The number of nitrogens with zero attached hydrogens (tertiary/aromatic N) is 1. The van der Waals surface area contributed by atoms with Gasteiger partial charge in [0.05, 0.1) is 0 Å². The van der Waals surface area contributed by atoms with Crippen LogP contribution in [-0.2, 0) is 0 Å². The average molecular weight is 153 g/mol. The molecule has 0 aromatic heterocycles. The van der Waals surface area contributed by atoms with Crippen molar-refractivity contribution in [1.29, 1.82) is 0 Å². The summed E-state index contributed by atoms with van der Waals surface area (Å²) in [6.45, 7) is 6.98. The standard InChI is InChI=1S/C10H19N/c1-5-6-7-10(2)8-9-11(3)4/h5,7H,1,6,8-9H2,2-4H3/b10-7-. The van der Waals surface area contributed by atoms with E-state index in [0.717, 1.165) is 13.0 Å². The first kappa shape index (κ1) is 10.4. The minimum Gasteiger partial charge on any atom is -0.309 e. The average Bonchev–Trinajstić information content (AvgIpc) is 1.97. The third-order valence-corrected chi connectivity index (χ3v) is 1.59. The van der Waals surface area contributed by atoms with Crippen LogP contribution in [0, 0.1) is 0 Å². The van der Waals surface area contributed by atoms with Crippen LogP contribution < -0.4 is 0 Å². The Balaban J connectivity index is 3.50. The van der Waals surface area contributed by atoms with E-state index in [1.54, 1.807) is 0 Å². The van der Waals surface area contributed by atoms with Crippen LogP contribution in [0.15, 0.2) is 24.3 Å². The fourth-order valence-electron chi connectivity index (χ4n) is 0.787. The summed E-state index contributed by atoms with van der Waals surface area (Å²) in [4.78, 5) is 2.20. The van der Waals surface area contributed by atoms with Gasteiger partial charge in [-0.2, -0.15) is 0 Å². The lowest BCUT2D eigenvalue weighted by Gasteiger charge is -2.08. The van der Waals surface area contributed by atoms with Gasteiger partial charge in [-0.05, 0) is 33.9 Å². The molecule has 0 bridgehead atoms. The van der Waals surface area contributed by atoms with E-state index in [4.69, 9.17) is 0 Å². The molecule has 0 rings (SSSR count). The van der Waals surface area contributed by atoms with E-state index >= 15 is 0 Å². The van der Waals surface area contributed by atoms with Crippen LogP contribution in [0.3, 0.4) is 0 Å². The minimum atomic E-state index is 0.999. The van der Waals surface area contributed by atoms with E-state index in [1.807, 2.05) is 6.08 Å². The highest BCUT2D eigenvalue weighted by Crippen LogP contribution is 2.01. The Kier molecular flexibility index (Phi) is 5.86. The predicted octanol–water partition coefficient (Wildman–Crippen LogP) is 2.46. The molecule has 0 aliphatic carbocycles. The molecule has 0 aliphatic heterocycles. The third kappa shape index (κ3) is 7.34. The van der Waals surface area contributed by atoms with E-state index in [1.165, 1.54) is 12.0 Å². The van der Waals surface area contributed by atoms with Gasteiger partial charge in [0.15, 0.2) is 0 Å². The van der Waals surface area contributed by atoms with Crippen LogP contribution in [0.2, 0.25) is 0 Å². The highest BCUT2D eigenvalue weighted by atomic mass is 15.0. The summed E-state index contributed by atoms with van der Waals surface area (Å²) in [5.41, 5.74) is 1.46. The van der Waals surface area contributed by atoms with Crippen molar-refractivity contribution in [2.75, 3.05) is 20.6 Å². The molecule has 0 saturated carbocycles. The molecular formula is C10H19N. The molecule has 0 amide bonds. The van der Waals surface area contributed by atoms with Gasteiger partial charge in [-0.1, -0.05) is 17.7 Å². The number of hydrogen-bond donors (Lipinski definition) is 0. The van der Waals surface area contributed by atoms with Crippen molar-refractivity contribution in [1.82, 2.24) is 4.90 Å². The maximum absolute atomic E-state index is 3.67. The molecule has 1 heteroatoms. The highest BCUT2D eigenvalue weighted by molar-refractivity contribution is 5.00. The molecule has 0 atom stereocenters. The van der Waals surface area contributed by atoms with Gasteiger partial charge in [0, 0.05) is 6.54 Å². The van der Waals surface area contributed by atoms with Crippen LogP contribution >= 0.6 is 0 Å². The van der Waals surface area contributed by atoms with Crippen molar-refractivity contribution < 1.29 is 0 Å². The SMILES string of the molecule is C=CC/C=C(/C)CCN(C)C. The quantitative estimate of drug-likeness (QED) is 0.548. The normalized spacial score (nSPS) is 12.2. The Labute approximate surface area is 70.4 Å². The maximum Gasteiger partial charge on any atom is 0.00124 e. The number of rotatable bonds is 5. The van der Waals surface area contributed by atoms with Gasteiger partial charge in [0.1, 0.15) is 0 Å². The minimum absolute atomic E-state index is 0.999. The first-order chi connectivity index (χ1) is 5.16. The molecule has 1 nitrogen and oxygen atoms in total. The fourth-order valence-corrected chi connectivity index (χ4v) is 0.787. The molecule has 0 aromatic carbocycles. The van der Waals surface area contributed by atoms with Crippen LogP contribution in [0.5, 0.6) is 0 Å². The fraction of sp³-hybridized carbons (Fsp3) is 0.600. The van der Waals surface area contributed by atoms with Gasteiger partial charge in [-0.15, -0.1) is 6.58 Å². The molecule has 0 fully saturated rings. The summed E-state index contributed by atoms with van der Waals surface area (Å²) >= 11 is 0. The summed E-state index contributed by atoms with van der Waals surface area (Å²) < 4.78 is 0. The summed E-state index contributed by atoms with van der Waals surface area (Å²) in [5, 5.41) is 0. The first-order valence-corrected chi connectivity index (χ1v) is 4.08. The lowest BCUT2D eigenvalue weighted by Crippen LogP contribution is -2.12. The zero-order valence-corrected chi connectivity index (χ0v) is 7.93. The van der Waals surface area contributed by atoms with Crippen molar-refractivity contribution >= 4 is 0 Å². The summed E-state index contributed by atoms with van der Waals surface area (Å²) in [6, 6.07) is 0. The van der Waals surface area contributed by atoms with Gasteiger partial charge in [0.2, 0.25) is 0 Å². The van der Waals surface area contributed by atoms with E-state index in [-0.39, 0.29) is 0 Å². The number of hydrogen-bond acceptors (Lipinski definition) is 1. The lowest BCUT2D eigenvalue weighted by atomic mass is 10.2. The van der Waals surface area contributed by atoms with Gasteiger partial charge >= 0.3 is 0 Å². The second-order valence-corrected chi connectivity index (χ2v) is 3.13. The lowest BCUT2D eigenvalue weighted by molar-refractivity contribution is 0.413. The third-order valence-electron chi connectivity index (χ3n) is 1.59. The molecular weight excluding hydrogens is 134 g/mol. The van der Waals surface area contributed by atoms with Gasteiger partial charge < -0.3 is 4.90 Å². The molecule has 0 aliphatic rings. The zero-order valence-electron chi connectivity index (χ0n) is 7.93. The monoisotopic (exact) mass is 153 g/mol. The molecule has 0 radical (unpaired) electrons. The van der Waals surface area contributed by atoms with Gasteiger partial charge in [0.25, 0.3) is 0 Å². The predicted molar refractivity (Wildman–Crippen MR) is 51.7 cm³/mol. The molecule has 0 spiro atoms. The summed E-state index contributed by atoms with van der Waals surface area (Å²) in [7, 11) is 4.20. The summed E-state index contributed by atoms with van der Waals surface area (Å²) in [6.07, 6.45) is 6.33. The Morgan fingerprint density at radius 1 is 1.45 bits per heavy atom. The summed E-state index contributed by atoms with van der Waals surface area (Å²) in [5.74, 6) is 0. The maximum atomic E-state index is 3.67. The largest absolute Gasteiger partial charge is 0.309 e. The van der Waals surface area contributed by atoms with E-state index in [2.05, 4.69) is 38.6 Å². The highest BCUT2D eigenvalue weighted by Gasteiger charge is 1.90. The number of allylic oxidation sites excluding steroid dienone is 2. The van der Waals surface area contributed by atoms with Gasteiger partial charge in [-0.25, -0.2) is 0 Å². The molecule has 11 heavy (non-hydrogen) atoms. The first-order valence-electron chi connectivity index (χ1n) is 4.08. The van der Waals surface area contributed by atoms with Crippen molar-refractivity contribution in [2.24, 2.45) is 0 Å². The molecule has 64 valence electrons. The molecule has 0 unspecified atom stereocenters. The van der Waals surface area contributed by atoms with Crippen molar-refractivity contribution in [3.8, 4) is 0 Å². The van der Waals surface area contributed by atoms with Crippen molar-refractivity contribution in [3.63, 3.8) is 0 Å². The Bertz CT molecular complexity index is 134. The van der Waals surface area contributed by atoms with Crippen molar-refractivity contribution in [2.45, 2.75) is 19.8 Å². The Hall–Kier alpha value is -0.560.